The van der Waals surface area contributed by atoms with E-state index in [1.54, 1.807) is 0 Å². The molecular formula is C16H21NO3. The van der Waals surface area contributed by atoms with E-state index in [9.17, 15) is 4.79 Å². The van der Waals surface area contributed by atoms with Crippen LogP contribution in [-0.2, 0) is 6.42 Å². The molecule has 0 unspecified atom stereocenters. The molecule has 0 atom stereocenters. The van der Waals surface area contributed by atoms with Gasteiger partial charge in [0.2, 0.25) is 0 Å². The summed E-state index contributed by atoms with van der Waals surface area (Å²) in [5.74, 6) is 1.33. The third-order valence-electron chi connectivity index (χ3n) is 4.39. The Bertz CT molecular complexity index is 492. The van der Waals surface area contributed by atoms with E-state index in [-0.39, 0.29) is 18.6 Å². The molecule has 1 amide bonds. The van der Waals surface area contributed by atoms with Crippen LogP contribution in [0.5, 0.6) is 5.75 Å². The Kier molecular flexibility index (Phi) is 3.92. The summed E-state index contributed by atoms with van der Waals surface area (Å²) in [7, 11) is 0. The third-order valence-corrected chi connectivity index (χ3v) is 4.39. The van der Waals surface area contributed by atoms with Gasteiger partial charge in [0.05, 0.1) is 6.61 Å². The first-order valence-electron chi connectivity index (χ1n) is 7.43. The zero-order valence-electron chi connectivity index (χ0n) is 11.6. The molecule has 2 N–H and O–H groups in total. The lowest BCUT2D eigenvalue weighted by Gasteiger charge is -2.28. The fraction of sp³-hybridized carbons (Fsp3) is 0.562. The summed E-state index contributed by atoms with van der Waals surface area (Å²) in [5.41, 5.74) is 1.85. The third kappa shape index (κ3) is 2.80. The van der Waals surface area contributed by atoms with Crippen molar-refractivity contribution in [3.8, 4) is 5.75 Å². The quantitative estimate of drug-likeness (QED) is 0.886. The number of benzene rings is 1. The minimum atomic E-state index is 0.00662. The second kappa shape index (κ2) is 5.83. The molecule has 1 saturated carbocycles. The predicted octanol–water partition coefficient (Wildman–Crippen LogP) is 1.90. The first-order chi connectivity index (χ1) is 9.76. The number of hydrogen-bond acceptors (Lipinski definition) is 3. The molecule has 1 fully saturated rings. The Balaban J connectivity index is 1.59. The van der Waals surface area contributed by atoms with E-state index in [0.717, 1.165) is 49.0 Å². The van der Waals surface area contributed by atoms with E-state index in [2.05, 4.69) is 5.32 Å². The lowest BCUT2D eigenvalue weighted by molar-refractivity contribution is 0.0914. The largest absolute Gasteiger partial charge is 0.493 e. The summed E-state index contributed by atoms with van der Waals surface area (Å²) in [5, 5.41) is 12.2. The Hall–Kier alpha value is -1.55. The predicted molar refractivity (Wildman–Crippen MR) is 75.9 cm³/mol. The summed E-state index contributed by atoms with van der Waals surface area (Å²) in [6.45, 7) is 0.983. The summed E-state index contributed by atoms with van der Waals surface area (Å²) in [6.07, 6.45) is 4.81. The Morgan fingerprint density at radius 3 is 2.85 bits per heavy atom. The molecule has 3 rings (SSSR count). The normalized spacial score (nSPS) is 24.9. The van der Waals surface area contributed by atoms with Gasteiger partial charge in [-0.05, 0) is 55.4 Å². The van der Waals surface area contributed by atoms with Crippen LogP contribution in [0, 0.1) is 5.92 Å². The highest BCUT2D eigenvalue weighted by molar-refractivity contribution is 5.94. The van der Waals surface area contributed by atoms with E-state index in [4.69, 9.17) is 9.84 Å². The fourth-order valence-electron chi connectivity index (χ4n) is 3.09. The highest BCUT2D eigenvalue weighted by Gasteiger charge is 2.23. The number of carbonyl (C=O) groups excluding carboxylic acids is 1. The van der Waals surface area contributed by atoms with E-state index in [0.29, 0.717) is 12.5 Å². The zero-order chi connectivity index (χ0) is 13.9. The van der Waals surface area contributed by atoms with Gasteiger partial charge in [-0.15, -0.1) is 0 Å². The first-order valence-corrected chi connectivity index (χ1v) is 7.43. The average molecular weight is 275 g/mol. The van der Waals surface area contributed by atoms with Crippen LogP contribution < -0.4 is 10.1 Å². The molecule has 1 heterocycles. The molecule has 0 bridgehead atoms. The van der Waals surface area contributed by atoms with Crippen molar-refractivity contribution in [2.24, 2.45) is 5.92 Å². The Morgan fingerprint density at radius 2 is 2.10 bits per heavy atom. The number of rotatable bonds is 3. The summed E-state index contributed by atoms with van der Waals surface area (Å²) in [6, 6.07) is 5.91. The highest BCUT2D eigenvalue weighted by Crippen LogP contribution is 2.27. The molecule has 20 heavy (non-hydrogen) atoms. The van der Waals surface area contributed by atoms with Gasteiger partial charge in [0.1, 0.15) is 5.75 Å². The van der Waals surface area contributed by atoms with Gasteiger partial charge < -0.3 is 15.2 Å². The number of ether oxygens (including phenoxy) is 1. The molecule has 108 valence electrons. The van der Waals surface area contributed by atoms with Gasteiger partial charge in [-0.3, -0.25) is 4.79 Å². The lowest BCUT2D eigenvalue weighted by atomic mass is 9.86. The number of aliphatic hydroxyl groups excluding tert-OH is 1. The molecule has 2 aliphatic rings. The van der Waals surface area contributed by atoms with Gasteiger partial charge in [0.25, 0.3) is 5.91 Å². The number of fused-ring (bicyclic) bond motifs is 1. The summed E-state index contributed by atoms with van der Waals surface area (Å²) in [4.78, 5) is 12.3. The zero-order valence-corrected chi connectivity index (χ0v) is 11.6. The van der Waals surface area contributed by atoms with Crippen LogP contribution in [0.15, 0.2) is 18.2 Å². The number of nitrogens with one attached hydrogen (secondary N) is 1. The lowest BCUT2D eigenvalue weighted by Crippen LogP contribution is -2.38. The van der Waals surface area contributed by atoms with Crippen LogP contribution in [-0.4, -0.2) is 30.3 Å². The standard InChI is InChI=1S/C16H21NO3/c18-10-11-1-4-14(5-2-11)17-16(19)13-3-6-15-12(9-13)7-8-20-15/h3,6,9,11,14,18H,1-2,4-5,7-8,10H2,(H,17,19). The SMILES string of the molecule is O=C(NC1CCC(CO)CC1)c1ccc2c(c1)CCO2. The molecular weight excluding hydrogens is 254 g/mol. The van der Waals surface area contributed by atoms with Crippen molar-refractivity contribution in [1.29, 1.82) is 0 Å². The van der Waals surface area contributed by atoms with Crippen LogP contribution in [0.1, 0.15) is 41.6 Å². The van der Waals surface area contributed by atoms with Crippen molar-refractivity contribution >= 4 is 5.91 Å². The molecule has 0 spiro atoms. The van der Waals surface area contributed by atoms with Gasteiger partial charge in [0, 0.05) is 24.6 Å². The number of hydrogen-bond donors (Lipinski definition) is 2. The number of aliphatic hydroxyl groups is 1. The second-order valence-corrected chi connectivity index (χ2v) is 5.79. The molecule has 1 aromatic rings. The van der Waals surface area contributed by atoms with Crippen LogP contribution in [0.25, 0.3) is 0 Å². The first kappa shape index (κ1) is 13.4. The van der Waals surface area contributed by atoms with Crippen LogP contribution in [0.4, 0.5) is 0 Å². The van der Waals surface area contributed by atoms with Crippen LogP contribution in [0.2, 0.25) is 0 Å². The molecule has 4 nitrogen and oxygen atoms in total. The molecule has 4 heteroatoms. The maximum atomic E-state index is 12.3. The minimum absolute atomic E-state index is 0.00662. The van der Waals surface area contributed by atoms with E-state index < -0.39 is 0 Å². The highest BCUT2D eigenvalue weighted by atomic mass is 16.5. The number of amides is 1. The fourth-order valence-corrected chi connectivity index (χ4v) is 3.09. The minimum Gasteiger partial charge on any atom is -0.493 e. The topological polar surface area (TPSA) is 58.6 Å². The van der Waals surface area contributed by atoms with Crippen molar-refractivity contribution in [2.45, 2.75) is 38.1 Å². The maximum absolute atomic E-state index is 12.3. The van der Waals surface area contributed by atoms with Gasteiger partial charge in [0.15, 0.2) is 0 Å². The average Bonchev–Trinajstić information content (AvgIpc) is 2.95. The molecule has 0 saturated heterocycles. The van der Waals surface area contributed by atoms with Crippen molar-refractivity contribution in [3.63, 3.8) is 0 Å². The molecule has 1 aromatic carbocycles. The molecule has 1 aliphatic heterocycles. The summed E-state index contributed by atoms with van der Waals surface area (Å²) < 4.78 is 5.45. The Morgan fingerprint density at radius 1 is 1.30 bits per heavy atom. The smallest absolute Gasteiger partial charge is 0.251 e. The Labute approximate surface area is 119 Å². The summed E-state index contributed by atoms with van der Waals surface area (Å²) >= 11 is 0. The van der Waals surface area contributed by atoms with E-state index in [1.165, 1.54) is 0 Å². The maximum Gasteiger partial charge on any atom is 0.251 e. The molecule has 0 radical (unpaired) electrons. The second-order valence-electron chi connectivity index (χ2n) is 5.79. The van der Waals surface area contributed by atoms with Crippen LogP contribution in [0.3, 0.4) is 0 Å². The van der Waals surface area contributed by atoms with E-state index in [1.807, 2.05) is 18.2 Å². The van der Waals surface area contributed by atoms with Gasteiger partial charge >= 0.3 is 0 Å². The number of carbonyl (C=O) groups is 1. The van der Waals surface area contributed by atoms with Gasteiger partial charge in [-0.25, -0.2) is 0 Å². The van der Waals surface area contributed by atoms with Gasteiger partial charge in [-0.2, -0.15) is 0 Å². The van der Waals surface area contributed by atoms with Crippen molar-refractivity contribution in [2.75, 3.05) is 13.2 Å². The van der Waals surface area contributed by atoms with Crippen LogP contribution >= 0.6 is 0 Å². The molecule has 1 aliphatic carbocycles. The van der Waals surface area contributed by atoms with Crippen molar-refractivity contribution in [1.82, 2.24) is 5.32 Å². The van der Waals surface area contributed by atoms with Gasteiger partial charge in [-0.1, -0.05) is 0 Å². The molecule has 0 aromatic heterocycles. The van der Waals surface area contributed by atoms with Crippen molar-refractivity contribution < 1.29 is 14.6 Å². The van der Waals surface area contributed by atoms with Crippen molar-refractivity contribution in [3.05, 3.63) is 29.3 Å². The monoisotopic (exact) mass is 275 g/mol. The van der Waals surface area contributed by atoms with E-state index >= 15 is 0 Å².